The molecule has 2 aromatic heterocycles. The van der Waals surface area contributed by atoms with E-state index in [1.54, 1.807) is 0 Å². The van der Waals surface area contributed by atoms with Gasteiger partial charge in [0.1, 0.15) is 5.82 Å². The number of pyridine rings is 2. The number of rotatable bonds is 5. The summed E-state index contributed by atoms with van der Waals surface area (Å²) in [4.78, 5) is 11.4. The molecule has 4 nitrogen and oxygen atoms in total. The first-order chi connectivity index (χ1) is 11.2. The normalized spacial score (nSPS) is 10.7. The van der Waals surface area contributed by atoms with Gasteiger partial charge in [0, 0.05) is 43.5 Å². The van der Waals surface area contributed by atoms with E-state index < -0.39 is 0 Å². The summed E-state index contributed by atoms with van der Waals surface area (Å²) in [6, 6.07) is 14.5. The Kier molecular flexibility index (Phi) is 4.42. The molecule has 4 heteroatoms. The summed E-state index contributed by atoms with van der Waals surface area (Å²) in [6.45, 7) is 3.05. The fraction of sp³-hybridized carbons (Fsp3) is 0.263. The average molecular weight is 306 g/mol. The Labute approximate surface area is 137 Å². The van der Waals surface area contributed by atoms with Gasteiger partial charge in [-0.3, -0.25) is 4.98 Å². The zero-order chi connectivity index (χ0) is 16.2. The molecular weight excluding hydrogens is 284 g/mol. The lowest BCUT2D eigenvalue weighted by Gasteiger charge is -2.14. The van der Waals surface area contributed by atoms with Crippen LogP contribution in [0, 0.1) is 0 Å². The predicted octanol–water partition coefficient (Wildman–Crippen LogP) is 4.18. The summed E-state index contributed by atoms with van der Waals surface area (Å²) in [5.74, 6) is 0.907. The van der Waals surface area contributed by atoms with Crippen molar-refractivity contribution in [3.8, 4) is 11.3 Å². The molecule has 0 saturated carbocycles. The zero-order valence-electron chi connectivity index (χ0n) is 13.9. The van der Waals surface area contributed by atoms with Crippen molar-refractivity contribution in [1.29, 1.82) is 0 Å². The van der Waals surface area contributed by atoms with Crippen molar-refractivity contribution < 1.29 is 0 Å². The van der Waals surface area contributed by atoms with E-state index in [-0.39, 0.29) is 0 Å². The molecule has 0 aliphatic heterocycles. The third kappa shape index (κ3) is 3.26. The molecule has 0 aliphatic carbocycles. The van der Waals surface area contributed by atoms with E-state index in [0.717, 1.165) is 40.9 Å². The fourth-order valence-corrected chi connectivity index (χ4v) is 2.53. The zero-order valence-corrected chi connectivity index (χ0v) is 13.9. The highest BCUT2D eigenvalue weighted by molar-refractivity contribution is 5.92. The van der Waals surface area contributed by atoms with E-state index in [4.69, 9.17) is 4.98 Å². The standard InChI is InChI=1S/C19H22N4/c1-4-11-21-19-16-6-5-12-20-18(16)13-17(22-19)14-7-9-15(10-8-14)23(2)3/h5-10,12-13H,4,11H2,1-3H3,(H,21,22). The molecule has 118 valence electrons. The largest absolute Gasteiger partial charge is 0.378 e. The second kappa shape index (κ2) is 6.65. The van der Waals surface area contributed by atoms with Crippen LogP contribution >= 0.6 is 0 Å². The molecule has 0 spiro atoms. The highest BCUT2D eigenvalue weighted by atomic mass is 15.1. The minimum atomic E-state index is 0.903. The lowest BCUT2D eigenvalue weighted by atomic mass is 10.1. The van der Waals surface area contributed by atoms with Gasteiger partial charge in [0.15, 0.2) is 0 Å². The van der Waals surface area contributed by atoms with Crippen LogP contribution in [0.25, 0.3) is 22.2 Å². The monoisotopic (exact) mass is 306 g/mol. The van der Waals surface area contributed by atoms with E-state index in [9.17, 15) is 0 Å². The number of hydrogen-bond donors (Lipinski definition) is 1. The van der Waals surface area contributed by atoms with Crippen LogP contribution in [-0.2, 0) is 0 Å². The van der Waals surface area contributed by atoms with Crippen molar-refractivity contribution in [2.24, 2.45) is 0 Å². The minimum Gasteiger partial charge on any atom is -0.378 e. The van der Waals surface area contributed by atoms with Crippen LogP contribution in [0.2, 0.25) is 0 Å². The third-order valence-electron chi connectivity index (χ3n) is 3.82. The molecule has 0 radical (unpaired) electrons. The van der Waals surface area contributed by atoms with E-state index in [1.165, 1.54) is 5.69 Å². The second-order valence-electron chi connectivity index (χ2n) is 5.79. The molecule has 0 unspecified atom stereocenters. The van der Waals surface area contributed by atoms with Gasteiger partial charge in [-0.25, -0.2) is 4.98 Å². The molecule has 0 amide bonds. The molecule has 0 bridgehead atoms. The summed E-state index contributed by atoms with van der Waals surface area (Å²) in [6.07, 6.45) is 2.88. The Morgan fingerprint density at radius 2 is 1.87 bits per heavy atom. The Morgan fingerprint density at radius 3 is 2.57 bits per heavy atom. The van der Waals surface area contributed by atoms with Crippen molar-refractivity contribution in [1.82, 2.24) is 9.97 Å². The molecule has 23 heavy (non-hydrogen) atoms. The van der Waals surface area contributed by atoms with E-state index >= 15 is 0 Å². The summed E-state index contributed by atoms with van der Waals surface area (Å²) in [5, 5.41) is 4.48. The van der Waals surface area contributed by atoms with Crippen molar-refractivity contribution in [2.45, 2.75) is 13.3 Å². The van der Waals surface area contributed by atoms with Crippen LogP contribution in [0.15, 0.2) is 48.7 Å². The molecule has 2 heterocycles. The van der Waals surface area contributed by atoms with Gasteiger partial charge in [-0.1, -0.05) is 19.1 Å². The first-order valence-corrected chi connectivity index (χ1v) is 7.96. The molecule has 3 rings (SSSR count). The van der Waals surface area contributed by atoms with Crippen LogP contribution in [0.1, 0.15) is 13.3 Å². The van der Waals surface area contributed by atoms with Crippen LogP contribution in [-0.4, -0.2) is 30.6 Å². The van der Waals surface area contributed by atoms with Crippen LogP contribution < -0.4 is 10.2 Å². The third-order valence-corrected chi connectivity index (χ3v) is 3.82. The first kappa shape index (κ1) is 15.3. The quantitative estimate of drug-likeness (QED) is 0.767. The number of aromatic nitrogens is 2. The number of benzene rings is 1. The fourth-order valence-electron chi connectivity index (χ4n) is 2.53. The Hall–Kier alpha value is -2.62. The number of nitrogens with zero attached hydrogens (tertiary/aromatic N) is 3. The minimum absolute atomic E-state index is 0.903. The summed E-state index contributed by atoms with van der Waals surface area (Å²) in [7, 11) is 4.08. The number of hydrogen-bond acceptors (Lipinski definition) is 4. The van der Waals surface area contributed by atoms with E-state index in [1.807, 2.05) is 26.4 Å². The number of nitrogens with one attached hydrogen (secondary N) is 1. The Bertz CT molecular complexity index is 794. The summed E-state index contributed by atoms with van der Waals surface area (Å²) in [5.41, 5.74) is 4.19. The van der Waals surface area contributed by atoms with Gasteiger partial charge < -0.3 is 10.2 Å². The van der Waals surface area contributed by atoms with Gasteiger partial charge >= 0.3 is 0 Å². The Balaban J connectivity index is 2.06. The molecule has 1 N–H and O–H groups in total. The SMILES string of the molecule is CCCNc1nc(-c2ccc(N(C)C)cc2)cc2ncccc12. The van der Waals surface area contributed by atoms with Gasteiger partial charge in [-0.2, -0.15) is 0 Å². The maximum Gasteiger partial charge on any atom is 0.136 e. The van der Waals surface area contributed by atoms with Crippen molar-refractivity contribution >= 4 is 22.4 Å². The van der Waals surface area contributed by atoms with Gasteiger partial charge in [-0.15, -0.1) is 0 Å². The lowest BCUT2D eigenvalue weighted by molar-refractivity contribution is 0.972. The lowest BCUT2D eigenvalue weighted by Crippen LogP contribution is -2.08. The van der Waals surface area contributed by atoms with Crippen LogP contribution in [0.5, 0.6) is 0 Å². The van der Waals surface area contributed by atoms with Crippen molar-refractivity contribution in [2.75, 3.05) is 30.9 Å². The van der Waals surface area contributed by atoms with E-state index in [0.29, 0.717) is 0 Å². The van der Waals surface area contributed by atoms with Gasteiger partial charge in [-0.05, 0) is 36.8 Å². The highest BCUT2D eigenvalue weighted by Gasteiger charge is 2.08. The average Bonchev–Trinajstić information content (AvgIpc) is 2.59. The van der Waals surface area contributed by atoms with Crippen LogP contribution in [0.4, 0.5) is 11.5 Å². The van der Waals surface area contributed by atoms with Crippen LogP contribution in [0.3, 0.4) is 0 Å². The highest BCUT2D eigenvalue weighted by Crippen LogP contribution is 2.27. The molecule has 1 aromatic carbocycles. The van der Waals surface area contributed by atoms with Crippen molar-refractivity contribution in [3.63, 3.8) is 0 Å². The smallest absolute Gasteiger partial charge is 0.136 e. The molecule has 0 saturated heterocycles. The predicted molar refractivity (Wildman–Crippen MR) is 98.1 cm³/mol. The van der Waals surface area contributed by atoms with Gasteiger partial charge in [0.25, 0.3) is 0 Å². The summed E-state index contributed by atoms with van der Waals surface area (Å²) < 4.78 is 0. The van der Waals surface area contributed by atoms with Crippen molar-refractivity contribution in [3.05, 3.63) is 48.7 Å². The topological polar surface area (TPSA) is 41.1 Å². The maximum atomic E-state index is 4.82. The van der Waals surface area contributed by atoms with Gasteiger partial charge in [0.05, 0.1) is 11.2 Å². The molecule has 0 aliphatic rings. The maximum absolute atomic E-state index is 4.82. The number of fused-ring (bicyclic) bond motifs is 1. The molecule has 3 aromatic rings. The molecule has 0 atom stereocenters. The number of anilines is 2. The first-order valence-electron chi connectivity index (χ1n) is 7.96. The summed E-state index contributed by atoms with van der Waals surface area (Å²) >= 11 is 0. The molecule has 0 fully saturated rings. The van der Waals surface area contributed by atoms with E-state index in [2.05, 4.69) is 58.5 Å². The second-order valence-corrected chi connectivity index (χ2v) is 5.79. The van der Waals surface area contributed by atoms with Gasteiger partial charge in [0.2, 0.25) is 0 Å². The Morgan fingerprint density at radius 1 is 1.09 bits per heavy atom. The molecular formula is C19H22N4.